The minimum Gasteiger partial charge on any atom is -0.352 e. The molecule has 130 valence electrons. The Morgan fingerprint density at radius 2 is 1.48 bits per heavy atom. The van der Waals surface area contributed by atoms with Gasteiger partial charge >= 0.3 is 0 Å². The lowest BCUT2D eigenvalue weighted by Crippen LogP contribution is -2.47. The molecule has 2 aromatic heterocycles. The summed E-state index contributed by atoms with van der Waals surface area (Å²) < 4.78 is 0. The van der Waals surface area contributed by atoms with Crippen LogP contribution in [0.2, 0.25) is 0 Å². The number of anilines is 2. The number of hydrogen-bond donors (Lipinski definition) is 0. The van der Waals surface area contributed by atoms with Gasteiger partial charge in [-0.3, -0.25) is 4.79 Å². The van der Waals surface area contributed by atoms with Crippen LogP contribution >= 0.6 is 0 Å². The molecule has 0 N–H and O–H groups in total. The summed E-state index contributed by atoms with van der Waals surface area (Å²) in [6.07, 6.45) is 8.98. The first-order chi connectivity index (χ1) is 12.3. The molecular weight excluding hydrogens is 318 g/mol. The number of rotatable bonds is 3. The van der Waals surface area contributed by atoms with Crippen LogP contribution in [0, 0.1) is 0 Å². The number of carbonyl (C=O) groups excluding carboxylic acids is 1. The van der Waals surface area contributed by atoms with Gasteiger partial charge in [-0.15, -0.1) is 0 Å². The molecule has 0 bridgehead atoms. The summed E-state index contributed by atoms with van der Waals surface area (Å²) in [4.78, 5) is 35.9. The van der Waals surface area contributed by atoms with Crippen molar-refractivity contribution in [3.63, 3.8) is 0 Å². The third kappa shape index (κ3) is 3.38. The first-order valence-corrected chi connectivity index (χ1v) is 8.69. The molecule has 0 spiro atoms. The molecule has 0 aliphatic carbocycles. The molecule has 0 saturated carbocycles. The lowest BCUT2D eigenvalue weighted by Gasteiger charge is -2.35. The Bertz CT molecular complexity index is 708. The maximum atomic E-state index is 12.3. The molecule has 0 atom stereocenters. The number of likely N-dealkylation sites (tertiary alicyclic amines) is 1. The van der Waals surface area contributed by atoms with Crippen LogP contribution in [0.1, 0.15) is 23.3 Å². The van der Waals surface area contributed by atoms with E-state index in [2.05, 4.69) is 29.7 Å². The zero-order chi connectivity index (χ0) is 17.1. The molecule has 25 heavy (non-hydrogen) atoms. The van der Waals surface area contributed by atoms with Crippen molar-refractivity contribution in [2.24, 2.45) is 0 Å². The van der Waals surface area contributed by atoms with E-state index in [-0.39, 0.29) is 5.91 Å². The van der Waals surface area contributed by atoms with Gasteiger partial charge in [0.2, 0.25) is 5.95 Å². The van der Waals surface area contributed by atoms with Gasteiger partial charge in [0.1, 0.15) is 11.5 Å². The van der Waals surface area contributed by atoms with E-state index in [1.165, 1.54) is 0 Å². The summed E-state index contributed by atoms with van der Waals surface area (Å²) in [5, 5.41) is 0. The summed E-state index contributed by atoms with van der Waals surface area (Å²) >= 11 is 0. The number of carbonyl (C=O) groups is 1. The van der Waals surface area contributed by atoms with Crippen molar-refractivity contribution in [1.82, 2.24) is 24.8 Å². The average Bonchev–Trinajstić information content (AvgIpc) is 3.23. The van der Waals surface area contributed by atoms with Crippen molar-refractivity contribution in [2.45, 2.75) is 12.8 Å². The van der Waals surface area contributed by atoms with Gasteiger partial charge in [0, 0.05) is 51.7 Å². The van der Waals surface area contributed by atoms with Gasteiger partial charge in [-0.1, -0.05) is 0 Å². The Kier molecular flexibility index (Phi) is 4.41. The van der Waals surface area contributed by atoms with Crippen molar-refractivity contribution in [1.29, 1.82) is 0 Å². The molecule has 2 aromatic rings. The van der Waals surface area contributed by atoms with E-state index in [4.69, 9.17) is 0 Å². The Hall–Kier alpha value is -2.77. The quantitative estimate of drug-likeness (QED) is 0.819. The average molecular weight is 339 g/mol. The molecule has 8 heteroatoms. The fourth-order valence-corrected chi connectivity index (χ4v) is 3.27. The second-order valence-corrected chi connectivity index (χ2v) is 6.28. The van der Waals surface area contributed by atoms with Gasteiger partial charge in [0.15, 0.2) is 0 Å². The van der Waals surface area contributed by atoms with Crippen LogP contribution in [0.15, 0.2) is 30.9 Å². The third-order valence-corrected chi connectivity index (χ3v) is 4.69. The van der Waals surface area contributed by atoms with Crippen LogP contribution in [0.5, 0.6) is 0 Å². The van der Waals surface area contributed by atoms with Gasteiger partial charge in [-0.25, -0.2) is 19.9 Å². The van der Waals surface area contributed by atoms with E-state index in [1.54, 1.807) is 24.8 Å². The minimum atomic E-state index is -0.0115. The molecule has 0 aromatic carbocycles. The minimum absolute atomic E-state index is 0.0115. The summed E-state index contributed by atoms with van der Waals surface area (Å²) in [5.74, 6) is 1.56. The van der Waals surface area contributed by atoms with E-state index < -0.39 is 0 Å². The van der Waals surface area contributed by atoms with Crippen molar-refractivity contribution >= 4 is 17.7 Å². The van der Waals surface area contributed by atoms with E-state index in [0.717, 1.165) is 63.9 Å². The van der Waals surface area contributed by atoms with Crippen LogP contribution < -0.4 is 9.80 Å². The van der Waals surface area contributed by atoms with E-state index in [9.17, 15) is 4.79 Å². The number of amides is 1. The first-order valence-electron chi connectivity index (χ1n) is 8.69. The van der Waals surface area contributed by atoms with Crippen molar-refractivity contribution in [2.75, 3.05) is 49.1 Å². The SMILES string of the molecule is O=C(c1cnc(N2CCN(c3ncccn3)CC2)cn1)N1CCCC1. The zero-order valence-corrected chi connectivity index (χ0v) is 14.1. The Morgan fingerprint density at radius 3 is 2.12 bits per heavy atom. The van der Waals surface area contributed by atoms with Gasteiger partial charge < -0.3 is 14.7 Å². The Morgan fingerprint density at radius 1 is 0.800 bits per heavy atom. The lowest BCUT2D eigenvalue weighted by molar-refractivity contribution is 0.0786. The fourth-order valence-electron chi connectivity index (χ4n) is 3.27. The van der Waals surface area contributed by atoms with Crippen LogP contribution in [0.4, 0.5) is 11.8 Å². The molecule has 0 radical (unpaired) electrons. The highest BCUT2D eigenvalue weighted by molar-refractivity contribution is 5.92. The molecule has 2 aliphatic rings. The summed E-state index contributed by atoms with van der Waals surface area (Å²) in [6, 6.07) is 1.82. The Labute approximate surface area is 146 Å². The van der Waals surface area contributed by atoms with Crippen LogP contribution in [-0.4, -0.2) is 70.0 Å². The second kappa shape index (κ2) is 7.00. The number of aromatic nitrogens is 4. The van der Waals surface area contributed by atoms with Gasteiger partial charge in [-0.2, -0.15) is 0 Å². The number of hydrogen-bond acceptors (Lipinski definition) is 7. The van der Waals surface area contributed by atoms with Crippen LogP contribution in [-0.2, 0) is 0 Å². The maximum Gasteiger partial charge on any atom is 0.274 e. The normalized spacial score (nSPS) is 17.8. The van der Waals surface area contributed by atoms with Crippen LogP contribution in [0.25, 0.3) is 0 Å². The lowest BCUT2D eigenvalue weighted by atomic mass is 10.3. The molecule has 2 fully saturated rings. The molecule has 4 rings (SSSR count). The molecule has 4 heterocycles. The highest BCUT2D eigenvalue weighted by Crippen LogP contribution is 2.16. The predicted octanol–water partition coefficient (Wildman–Crippen LogP) is 0.829. The standard InChI is InChI=1S/C17H21N7O/c25-16(23-6-1-2-7-23)14-12-21-15(13-20-14)22-8-10-24(11-9-22)17-18-4-3-5-19-17/h3-5,12-13H,1-2,6-11H2. The van der Waals surface area contributed by atoms with Crippen molar-refractivity contribution < 1.29 is 4.79 Å². The van der Waals surface area contributed by atoms with Gasteiger partial charge in [0.05, 0.1) is 12.4 Å². The van der Waals surface area contributed by atoms with Crippen molar-refractivity contribution in [3.05, 3.63) is 36.5 Å². The van der Waals surface area contributed by atoms with E-state index in [1.807, 2.05) is 11.0 Å². The maximum absolute atomic E-state index is 12.3. The topological polar surface area (TPSA) is 78.4 Å². The summed E-state index contributed by atoms with van der Waals surface area (Å²) in [5.41, 5.74) is 0.432. The fraction of sp³-hybridized carbons (Fsp3) is 0.471. The molecule has 1 amide bonds. The molecule has 0 unspecified atom stereocenters. The third-order valence-electron chi connectivity index (χ3n) is 4.69. The Balaban J connectivity index is 1.37. The van der Waals surface area contributed by atoms with Crippen molar-refractivity contribution in [3.8, 4) is 0 Å². The highest BCUT2D eigenvalue weighted by atomic mass is 16.2. The number of piperazine rings is 1. The molecule has 2 saturated heterocycles. The predicted molar refractivity (Wildman–Crippen MR) is 93.6 cm³/mol. The smallest absolute Gasteiger partial charge is 0.274 e. The van der Waals surface area contributed by atoms with E-state index >= 15 is 0 Å². The monoisotopic (exact) mass is 339 g/mol. The van der Waals surface area contributed by atoms with Gasteiger partial charge in [0.25, 0.3) is 5.91 Å². The molecular formula is C17H21N7O. The first kappa shape index (κ1) is 15.7. The summed E-state index contributed by atoms with van der Waals surface area (Å²) in [7, 11) is 0. The summed E-state index contributed by atoms with van der Waals surface area (Å²) in [6.45, 7) is 4.97. The zero-order valence-electron chi connectivity index (χ0n) is 14.1. The van der Waals surface area contributed by atoms with Gasteiger partial charge in [-0.05, 0) is 18.9 Å². The van der Waals surface area contributed by atoms with E-state index in [0.29, 0.717) is 5.69 Å². The number of nitrogens with zero attached hydrogens (tertiary/aromatic N) is 7. The second-order valence-electron chi connectivity index (χ2n) is 6.28. The highest BCUT2D eigenvalue weighted by Gasteiger charge is 2.23. The molecule has 8 nitrogen and oxygen atoms in total. The largest absolute Gasteiger partial charge is 0.352 e. The van der Waals surface area contributed by atoms with Crippen LogP contribution in [0.3, 0.4) is 0 Å². The molecule has 2 aliphatic heterocycles.